The Labute approximate surface area is 105 Å². The van der Waals surface area contributed by atoms with Crippen LogP contribution < -0.4 is 5.32 Å². The molecule has 0 bridgehead atoms. The topological polar surface area (TPSA) is 56.5 Å². The molecule has 0 unspecified atom stereocenters. The zero-order valence-corrected chi connectivity index (χ0v) is 9.85. The number of hydrogen-bond donors (Lipinski definition) is 3. The molecule has 0 spiro atoms. The van der Waals surface area contributed by atoms with Crippen LogP contribution in [0.4, 0.5) is 5.69 Å². The van der Waals surface area contributed by atoms with Crippen LogP contribution in [0.3, 0.4) is 0 Å². The maximum atomic E-state index is 4.02. The summed E-state index contributed by atoms with van der Waals surface area (Å²) < 4.78 is 0. The third kappa shape index (κ3) is 2.27. The Hall–Kier alpha value is -2.49. The average Bonchev–Trinajstić information content (AvgIpc) is 3.10. The first-order valence-corrected chi connectivity index (χ1v) is 5.87. The summed E-state index contributed by atoms with van der Waals surface area (Å²) in [6.07, 6.45) is 5.44. The lowest BCUT2D eigenvalue weighted by atomic mass is 10.1. The fourth-order valence-electron chi connectivity index (χ4n) is 1.86. The van der Waals surface area contributed by atoms with Gasteiger partial charge in [0.1, 0.15) is 0 Å². The van der Waals surface area contributed by atoms with E-state index in [1.807, 2.05) is 18.5 Å². The second kappa shape index (κ2) is 4.79. The number of nitrogens with zero attached hydrogens (tertiary/aromatic N) is 1. The van der Waals surface area contributed by atoms with Crippen LogP contribution in [0.25, 0.3) is 11.3 Å². The smallest absolute Gasteiger partial charge is 0.0924 e. The van der Waals surface area contributed by atoms with Crippen molar-refractivity contribution in [3.8, 4) is 11.3 Å². The van der Waals surface area contributed by atoms with Crippen molar-refractivity contribution in [2.24, 2.45) is 0 Å². The van der Waals surface area contributed by atoms with Gasteiger partial charge >= 0.3 is 0 Å². The largest absolute Gasteiger partial charge is 0.379 e. The van der Waals surface area contributed by atoms with Gasteiger partial charge in [-0.1, -0.05) is 12.1 Å². The molecule has 1 aromatic carbocycles. The Morgan fingerprint density at radius 1 is 1.06 bits per heavy atom. The third-order valence-electron chi connectivity index (χ3n) is 2.84. The van der Waals surface area contributed by atoms with E-state index in [1.54, 1.807) is 6.33 Å². The number of hydrogen-bond acceptors (Lipinski definition) is 2. The highest BCUT2D eigenvalue weighted by atomic mass is 14.9. The SMILES string of the molecule is c1c[nH]c(CNc2ccc(-c3cnc[nH]3)cc2)c1. The monoisotopic (exact) mass is 238 g/mol. The highest BCUT2D eigenvalue weighted by molar-refractivity contribution is 5.61. The second-order valence-corrected chi connectivity index (χ2v) is 4.09. The van der Waals surface area contributed by atoms with Gasteiger partial charge in [0, 0.05) is 17.6 Å². The summed E-state index contributed by atoms with van der Waals surface area (Å²) in [6.45, 7) is 0.802. The molecule has 2 aromatic heterocycles. The molecule has 4 nitrogen and oxygen atoms in total. The van der Waals surface area contributed by atoms with Crippen molar-refractivity contribution in [1.29, 1.82) is 0 Å². The molecule has 3 aromatic rings. The Morgan fingerprint density at radius 2 is 1.94 bits per heavy atom. The van der Waals surface area contributed by atoms with Crippen LogP contribution in [-0.2, 0) is 6.54 Å². The van der Waals surface area contributed by atoms with Crippen molar-refractivity contribution in [1.82, 2.24) is 15.0 Å². The Balaban J connectivity index is 1.68. The third-order valence-corrected chi connectivity index (χ3v) is 2.84. The summed E-state index contributed by atoms with van der Waals surface area (Å²) in [6, 6.07) is 12.3. The van der Waals surface area contributed by atoms with E-state index in [2.05, 4.69) is 50.6 Å². The van der Waals surface area contributed by atoms with E-state index in [1.165, 1.54) is 5.69 Å². The van der Waals surface area contributed by atoms with Crippen LogP contribution in [0.2, 0.25) is 0 Å². The van der Waals surface area contributed by atoms with Gasteiger partial charge in [-0.05, 0) is 29.8 Å². The molecule has 18 heavy (non-hydrogen) atoms. The molecular formula is C14H14N4. The number of benzene rings is 1. The summed E-state index contributed by atoms with van der Waals surface area (Å²) in [5.41, 5.74) is 4.45. The fourth-order valence-corrected chi connectivity index (χ4v) is 1.86. The molecule has 0 aliphatic rings. The van der Waals surface area contributed by atoms with Crippen LogP contribution in [0.5, 0.6) is 0 Å². The van der Waals surface area contributed by atoms with E-state index in [9.17, 15) is 0 Å². The number of aromatic nitrogens is 3. The molecular weight excluding hydrogens is 224 g/mol. The van der Waals surface area contributed by atoms with Crippen molar-refractivity contribution < 1.29 is 0 Å². The summed E-state index contributed by atoms with van der Waals surface area (Å²) in [4.78, 5) is 10.3. The summed E-state index contributed by atoms with van der Waals surface area (Å²) in [5.74, 6) is 0. The Morgan fingerprint density at radius 3 is 2.61 bits per heavy atom. The average molecular weight is 238 g/mol. The number of aromatic amines is 2. The molecule has 0 fully saturated rings. The normalized spacial score (nSPS) is 10.4. The van der Waals surface area contributed by atoms with Gasteiger partial charge in [0.2, 0.25) is 0 Å². The number of H-pyrrole nitrogens is 2. The maximum Gasteiger partial charge on any atom is 0.0924 e. The molecule has 0 amide bonds. The van der Waals surface area contributed by atoms with Crippen molar-refractivity contribution in [2.45, 2.75) is 6.54 Å². The van der Waals surface area contributed by atoms with Gasteiger partial charge in [-0.15, -0.1) is 0 Å². The minimum atomic E-state index is 0.802. The van der Waals surface area contributed by atoms with Crippen molar-refractivity contribution in [3.63, 3.8) is 0 Å². The van der Waals surface area contributed by atoms with Crippen LogP contribution in [0.1, 0.15) is 5.69 Å². The first-order valence-electron chi connectivity index (χ1n) is 5.87. The highest BCUT2D eigenvalue weighted by Gasteiger charge is 1.99. The molecule has 0 saturated carbocycles. The van der Waals surface area contributed by atoms with Gasteiger partial charge in [-0.2, -0.15) is 0 Å². The van der Waals surface area contributed by atoms with Gasteiger partial charge in [0.25, 0.3) is 0 Å². The lowest BCUT2D eigenvalue weighted by Gasteiger charge is -2.05. The van der Waals surface area contributed by atoms with Crippen LogP contribution in [-0.4, -0.2) is 15.0 Å². The van der Waals surface area contributed by atoms with Gasteiger partial charge in [-0.3, -0.25) is 0 Å². The number of nitrogens with one attached hydrogen (secondary N) is 3. The molecule has 3 N–H and O–H groups in total. The zero-order chi connectivity index (χ0) is 12.2. The molecule has 0 aliphatic carbocycles. The van der Waals surface area contributed by atoms with E-state index in [0.717, 1.165) is 23.5 Å². The lowest BCUT2D eigenvalue weighted by molar-refractivity contribution is 1.07. The van der Waals surface area contributed by atoms with Crippen LogP contribution >= 0.6 is 0 Å². The summed E-state index contributed by atoms with van der Waals surface area (Å²) >= 11 is 0. The van der Waals surface area contributed by atoms with Crippen LogP contribution in [0, 0.1) is 0 Å². The van der Waals surface area contributed by atoms with Crippen molar-refractivity contribution in [2.75, 3.05) is 5.32 Å². The first-order chi connectivity index (χ1) is 8.92. The van der Waals surface area contributed by atoms with Gasteiger partial charge < -0.3 is 15.3 Å². The molecule has 0 radical (unpaired) electrons. The molecule has 90 valence electrons. The van der Waals surface area contributed by atoms with E-state index in [0.29, 0.717) is 0 Å². The Bertz CT molecular complexity index is 579. The first kappa shape index (κ1) is 10.7. The molecule has 4 heteroatoms. The standard InChI is InChI=1S/C14H14N4/c1-2-13(16-7-1)8-17-12-5-3-11(4-6-12)14-9-15-10-18-14/h1-7,9-10,16-17H,8H2,(H,15,18). The molecule has 0 saturated heterocycles. The summed E-state index contributed by atoms with van der Waals surface area (Å²) in [5, 5.41) is 3.36. The second-order valence-electron chi connectivity index (χ2n) is 4.09. The van der Waals surface area contributed by atoms with E-state index in [4.69, 9.17) is 0 Å². The minimum Gasteiger partial charge on any atom is -0.379 e. The number of anilines is 1. The highest BCUT2D eigenvalue weighted by Crippen LogP contribution is 2.18. The van der Waals surface area contributed by atoms with E-state index in [-0.39, 0.29) is 0 Å². The maximum absolute atomic E-state index is 4.02. The quantitative estimate of drug-likeness (QED) is 0.654. The fraction of sp³-hybridized carbons (Fsp3) is 0.0714. The molecule has 0 aliphatic heterocycles. The molecule has 2 heterocycles. The Kier molecular flexibility index (Phi) is 2.84. The van der Waals surface area contributed by atoms with Crippen molar-refractivity contribution >= 4 is 5.69 Å². The van der Waals surface area contributed by atoms with Crippen molar-refractivity contribution in [3.05, 3.63) is 60.8 Å². The number of rotatable bonds is 4. The minimum absolute atomic E-state index is 0.802. The van der Waals surface area contributed by atoms with E-state index >= 15 is 0 Å². The van der Waals surface area contributed by atoms with Crippen LogP contribution in [0.15, 0.2) is 55.1 Å². The molecule has 0 atom stereocenters. The van der Waals surface area contributed by atoms with Gasteiger partial charge in [0.05, 0.1) is 24.8 Å². The van der Waals surface area contributed by atoms with Gasteiger partial charge in [-0.25, -0.2) is 4.98 Å². The summed E-state index contributed by atoms with van der Waals surface area (Å²) in [7, 11) is 0. The number of imidazole rings is 1. The molecule has 3 rings (SSSR count). The zero-order valence-electron chi connectivity index (χ0n) is 9.85. The predicted molar refractivity (Wildman–Crippen MR) is 72.1 cm³/mol. The van der Waals surface area contributed by atoms with Gasteiger partial charge in [0.15, 0.2) is 0 Å². The lowest BCUT2D eigenvalue weighted by Crippen LogP contribution is -1.99. The predicted octanol–water partition coefficient (Wildman–Crippen LogP) is 3.02. The van der Waals surface area contributed by atoms with E-state index < -0.39 is 0 Å².